The van der Waals surface area contributed by atoms with E-state index < -0.39 is 0 Å². The van der Waals surface area contributed by atoms with Gasteiger partial charge in [-0.3, -0.25) is 0 Å². The monoisotopic (exact) mass is 286 g/mol. The lowest BCUT2D eigenvalue weighted by atomic mass is 9.98. The first-order valence-corrected chi connectivity index (χ1v) is 6.94. The minimum Gasteiger partial charge on any atom is -0.113 e. The summed E-state index contributed by atoms with van der Waals surface area (Å²) in [5.74, 6) is 0. The summed E-state index contributed by atoms with van der Waals surface area (Å²) < 4.78 is 0. The fourth-order valence-corrected chi connectivity index (χ4v) is 2.74. The topological polar surface area (TPSA) is 0 Å². The number of hydrogen-bond donors (Lipinski definition) is 0. The zero-order valence-corrected chi connectivity index (χ0v) is 11.7. The second kappa shape index (κ2) is 5.24. The lowest BCUT2D eigenvalue weighted by molar-refractivity contribution is 1.16. The third-order valence-corrected chi connectivity index (χ3v) is 4.00. The molecule has 0 nitrogen and oxygen atoms in total. The van der Waals surface area contributed by atoms with Crippen LogP contribution >= 0.6 is 23.2 Å². The van der Waals surface area contributed by atoms with Gasteiger partial charge in [-0.1, -0.05) is 66.2 Å². The van der Waals surface area contributed by atoms with Crippen LogP contribution in [0.1, 0.15) is 16.5 Å². The Morgan fingerprint density at radius 3 is 2.21 bits per heavy atom. The highest BCUT2D eigenvalue weighted by Gasteiger charge is 2.13. The van der Waals surface area contributed by atoms with Crippen molar-refractivity contribution < 1.29 is 0 Å². The van der Waals surface area contributed by atoms with Crippen LogP contribution in [0.4, 0.5) is 0 Å². The van der Waals surface area contributed by atoms with Gasteiger partial charge in [0.15, 0.2) is 0 Å². The van der Waals surface area contributed by atoms with Gasteiger partial charge in [-0.25, -0.2) is 0 Å². The molecule has 0 aromatic heterocycles. The second-order valence-electron chi connectivity index (χ2n) is 4.48. The normalized spacial score (nSPS) is 12.5. The molecule has 2 heteroatoms. The van der Waals surface area contributed by atoms with Crippen molar-refractivity contribution in [1.29, 1.82) is 0 Å². The standard InChI is InChI=1S/C17H12Cl2/c18-14-10-8-13(9-11-14)17(19)16-7-3-5-12-4-1-2-6-15(12)16/h1-11,17H. The Labute approximate surface area is 122 Å². The highest BCUT2D eigenvalue weighted by atomic mass is 35.5. The molecule has 0 bridgehead atoms. The Balaban J connectivity index is 2.11. The number of rotatable bonds is 2. The predicted molar refractivity (Wildman–Crippen MR) is 83.1 cm³/mol. The molecule has 0 aliphatic rings. The first kappa shape index (κ1) is 12.5. The van der Waals surface area contributed by atoms with E-state index in [1.165, 1.54) is 10.8 Å². The van der Waals surface area contributed by atoms with Crippen LogP contribution in [0.2, 0.25) is 5.02 Å². The third-order valence-electron chi connectivity index (χ3n) is 3.26. The van der Waals surface area contributed by atoms with Crippen molar-refractivity contribution >= 4 is 34.0 Å². The molecule has 1 unspecified atom stereocenters. The Morgan fingerprint density at radius 2 is 1.42 bits per heavy atom. The van der Waals surface area contributed by atoms with Crippen molar-refractivity contribution in [2.45, 2.75) is 5.38 Å². The molecule has 0 saturated carbocycles. The predicted octanol–water partition coefficient (Wildman–Crippen LogP) is 5.82. The molecule has 19 heavy (non-hydrogen) atoms. The van der Waals surface area contributed by atoms with E-state index in [4.69, 9.17) is 23.2 Å². The second-order valence-corrected chi connectivity index (χ2v) is 5.36. The number of fused-ring (bicyclic) bond motifs is 1. The van der Waals surface area contributed by atoms with E-state index in [1.807, 2.05) is 42.5 Å². The quantitative estimate of drug-likeness (QED) is 0.521. The van der Waals surface area contributed by atoms with E-state index in [2.05, 4.69) is 24.3 Å². The highest BCUT2D eigenvalue weighted by molar-refractivity contribution is 6.30. The summed E-state index contributed by atoms with van der Waals surface area (Å²) in [5.41, 5.74) is 2.18. The minimum atomic E-state index is -0.164. The number of alkyl halides is 1. The van der Waals surface area contributed by atoms with E-state index in [0.29, 0.717) is 0 Å². The Bertz CT molecular complexity index is 697. The van der Waals surface area contributed by atoms with Crippen LogP contribution in [0.5, 0.6) is 0 Å². The average molecular weight is 287 g/mol. The molecule has 0 saturated heterocycles. The van der Waals surface area contributed by atoms with Gasteiger partial charge in [0, 0.05) is 5.02 Å². The lowest BCUT2D eigenvalue weighted by Crippen LogP contribution is -1.94. The summed E-state index contributed by atoms with van der Waals surface area (Å²) >= 11 is 12.5. The van der Waals surface area contributed by atoms with Gasteiger partial charge in [-0.15, -0.1) is 11.6 Å². The van der Waals surface area contributed by atoms with Gasteiger partial charge >= 0.3 is 0 Å². The average Bonchev–Trinajstić information content (AvgIpc) is 2.47. The molecule has 3 aromatic carbocycles. The highest BCUT2D eigenvalue weighted by Crippen LogP contribution is 2.34. The SMILES string of the molecule is Clc1ccc(C(Cl)c2cccc3ccccc23)cc1. The van der Waals surface area contributed by atoms with Crippen molar-refractivity contribution in [3.05, 3.63) is 82.9 Å². The van der Waals surface area contributed by atoms with Crippen LogP contribution in [0, 0.1) is 0 Å². The summed E-state index contributed by atoms with van der Waals surface area (Å²) in [4.78, 5) is 0. The molecule has 0 spiro atoms. The number of benzene rings is 3. The molecule has 94 valence electrons. The van der Waals surface area contributed by atoms with Gasteiger partial charge < -0.3 is 0 Å². The summed E-state index contributed by atoms with van der Waals surface area (Å²) in [5, 5.41) is 2.97. The van der Waals surface area contributed by atoms with Crippen LogP contribution in [0.25, 0.3) is 10.8 Å². The summed E-state index contributed by atoms with van der Waals surface area (Å²) in [7, 11) is 0. The molecule has 1 atom stereocenters. The largest absolute Gasteiger partial charge is 0.113 e. The molecule has 0 N–H and O–H groups in total. The van der Waals surface area contributed by atoms with Crippen LogP contribution < -0.4 is 0 Å². The minimum absolute atomic E-state index is 0.164. The fourth-order valence-electron chi connectivity index (χ4n) is 2.28. The van der Waals surface area contributed by atoms with Crippen molar-refractivity contribution in [3.8, 4) is 0 Å². The van der Waals surface area contributed by atoms with Gasteiger partial charge in [0.05, 0.1) is 5.38 Å². The van der Waals surface area contributed by atoms with Gasteiger partial charge in [-0.05, 0) is 34.0 Å². The van der Waals surface area contributed by atoms with E-state index in [1.54, 1.807) is 0 Å². The smallest absolute Gasteiger partial charge is 0.0841 e. The molecule has 0 radical (unpaired) electrons. The third kappa shape index (κ3) is 2.47. The van der Waals surface area contributed by atoms with E-state index in [9.17, 15) is 0 Å². The van der Waals surface area contributed by atoms with Crippen LogP contribution in [0.3, 0.4) is 0 Å². The molecular formula is C17H12Cl2. The fraction of sp³-hybridized carbons (Fsp3) is 0.0588. The maximum Gasteiger partial charge on any atom is 0.0841 e. The maximum absolute atomic E-state index is 6.62. The molecule has 0 heterocycles. The van der Waals surface area contributed by atoms with Gasteiger partial charge in [0.1, 0.15) is 0 Å². The van der Waals surface area contributed by atoms with Crippen molar-refractivity contribution in [2.75, 3.05) is 0 Å². The van der Waals surface area contributed by atoms with Crippen molar-refractivity contribution in [1.82, 2.24) is 0 Å². The lowest BCUT2D eigenvalue weighted by Gasteiger charge is -2.13. The van der Waals surface area contributed by atoms with E-state index >= 15 is 0 Å². The number of halogens is 2. The Hall–Kier alpha value is -1.50. The van der Waals surface area contributed by atoms with Crippen molar-refractivity contribution in [3.63, 3.8) is 0 Å². The number of hydrogen-bond acceptors (Lipinski definition) is 0. The summed E-state index contributed by atoms with van der Waals surface area (Å²) in [6.07, 6.45) is 0. The van der Waals surface area contributed by atoms with Gasteiger partial charge in [0.25, 0.3) is 0 Å². The van der Waals surface area contributed by atoms with Crippen LogP contribution in [0.15, 0.2) is 66.7 Å². The summed E-state index contributed by atoms with van der Waals surface area (Å²) in [6.45, 7) is 0. The molecule has 3 rings (SSSR count). The maximum atomic E-state index is 6.62. The molecule has 3 aromatic rings. The molecule has 0 fully saturated rings. The molecule has 0 amide bonds. The van der Waals surface area contributed by atoms with Crippen molar-refractivity contribution in [2.24, 2.45) is 0 Å². The molecule has 0 aliphatic heterocycles. The van der Waals surface area contributed by atoms with Gasteiger partial charge in [0.2, 0.25) is 0 Å². The zero-order chi connectivity index (χ0) is 13.2. The van der Waals surface area contributed by atoms with Crippen LogP contribution in [-0.4, -0.2) is 0 Å². The Kier molecular flexibility index (Phi) is 3.46. The summed E-state index contributed by atoms with van der Waals surface area (Å²) in [6, 6.07) is 22.2. The molecular weight excluding hydrogens is 275 g/mol. The molecule has 0 aliphatic carbocycles. The van der Waals surface area contributed by atoms with Gasteiger partial charge in [-0.2, -0.15) is 0 Å². The zero-order valence-electron chi connectivity index (χ0n) is 10.2. The first-order valence-electron chi connectivity index (χ1n) is 6.13. The van der Waals surface area contributed by atoms with Crippen LogP contribution in [-0.2, 0) is 0 Å². The van der Waals surface area contributed by atoms with E-state index in [0.717, 1.165) is 16.1 Å². The first-order chi connectivity index (χ1) is 9.25. The van der Waals surface area contributed by atoms with E-state index in [-0.39, 0.29) is 5.38 Å². The Morgan fingerprint density at radius 1 is 0.737 bits per heavy atom.